The van der Waals surface area contributed by atoms with Gasteiger partial charge in [-0.1, -0.05) is 12.1 Å². The number of rotatable bonds is 3. The Balaban J connectivity index is 1.53. The van der Waals surface area contributed by atoms with Crippen molar-refractivity contribution < 1.29 is 9.53 Å². The Bertz CT molecular complexity index is 916. The van der Waals surface area contributed by atoms with Crippen molar-refractivity contribution in [2.75, 3.05) is 32.7 Å². The number of guanidine groups is 1. The van der Waals surface area contributed by atoms with Crippen LogP contribution in [-0.4, -0.2) is 69.7 Å². The minimum Gasteiger partial charge on any atom is -0.444 e. The Kier molecular flexibility index (Phi) is 5.62. The van der Waals surface area contributed by atoms with E-state index in [2.05, 4.69) is 9.98 Å². The Morgan fingerprint density at radius 3 is 2.50 bits per heavy atom. The highest BCUT2D eigenvalue weighted by Gasteiger charge is 2.26. The normalized spacial score (nSPS) is 15.9. The summed E-state index contributed by atoms with van der Waals surface area (Å²) in [5.74, 6) is 0.428. The van der Waals surface area contributed by atoms with Crippen LogP contribution in [0.15, 0.2) is 34.1 Å². The topological polar surface area (TPSA) is 109 Å². The summed E-state index contributed by atoms with van der Waals surface area (Å²) in [6.07, 6.45) is -0.304. The summed E-state index contributed by atoms with van der Waals surface area (Å²) in [6.45, 7) is 8.67. The smallest absolute Gasteiger partial charge is 0.410 e. The van der Waals surface area contributed by atoms with Gasteiger partial charge in [0.2, 0.25) is 0 Å². The number of aromatic amines is 1. The van der Waals surface area contributed by atoms with Crippen molar-refractivity contribution >= 4 is 23.1 Å². The van der Waals surface area contributed by atoms with Gasteiger partial charge in [0.1, 0.15) is 5.60 Å². The fourth-order valence-electron chi connectivity index (χ4n) is 3.14. The lowest BCUT2D eigenvalue weighted by atomic mass is 10.2. The van der Waals surface area contributed by atoms with Crippen LogP contribution in [0.1, 0.15) is 20.8 Å². The summed E-state index contributed by atoms with van der Waals surface area (Å²) >= 11 is 0. The Hall–Kier alpha value is -2.97. The van der Waals surface area contributed by atoms with Gasteiger partial charge in [0, 0.05) is 32.7 Å². The highest BCUT2D eigenvalue weighted by atomic mass is 16.6. The van der Waals surface area contributed by atoms with Gasteiger partial charge in [-0.3, -0.25) is 9.56 Å². The molecule has 1 fully saturated rings. The van der Waals surface area contributed by atoms with Crippen LogP contribution in [0.3, 0.4) is 0 Å². The number of nitrogens with two attached hydrogens (primary N) is 1. The van der Waals surface area contributed by atoms with E-state index in [0.717, 1.165) is 11.0 Å². The number of nitrogens with one attached hydrogen (secondary N) is 1. The summed E-state index contributed by atoms with van der Waals surface area (Å²) in [5.41, 5.74) is 7.11. The standard InChI is InChI=1S/C19H28N6O3/c1-19(2,3)28-18(27)24-12-10-23(11-13-24)16(20)21-8-9-25-15-7-5-4-6-14(15)22-17(25)26/h4-7H,8-13H2,1-3H3,(H2,20,21)(H,22,26). The number of carbonyl (C=O) groups is 1. The summed E-state index contributed by atoms with van der Waals surface area (Å²) in [6, 6.07) is 7.55. The van der Waals surface area contributed by atoms with Gasteiger partial charge in [0.25, 0.3) is 0 Å². The van der Waals surface area contributed by atoms with Gasteiger partial charge in [0.05, 0.1) is 17.6 Å². The molecule has 1 aromatic carbocycles. The van der Waals surface area contributed by atoms with Gasteiger partial charge < -0.3 is 25.3 Å². The number of aliphatic imine (C=N–C) groups is 1. The highest BCUT2D eigenvalue weighted by molar-refractivity contribution is 5.78. The number of nitrogens with zero attached hydrogens (tertiary/aromatic N) is 4. The highest BCUT2D eigenvalue weighted by Crippen LogP contribution is 2.12. The predicted molar refractivity (Wildman–Crippen MR) is 108 cm³/mol. The maximum Gasteiger partial charge on any atom is 0.410 e. The average Bonchev–Trinajstić information content (AvgIpc) is 2.96. The van der Waals surface area contributed by atoms with E-state index in [-0.39, 0.29) is 11.8 Å². The third-order valence-corrected chi connectivity index (χ3v) is 4.53. The average molecular weight is 388 g/mol. The second-order valence-corrected chi connectivity index (χ2v) is 7.79. The van der Waals surface area contributed by atoms with Crippen molar-refractivity contribution in [1.82, 2.24) is 19.4 Å². The number of hydrogen-bond acceptors (Lipinski definition) is 4. The molecule has 0 saturated carbocycles. The first-order valence-corrected chi connectivity index (χ1v) is 9.45. The number of fused-ring (bicyclic) bond motifs is 1. The van der Waals surface area contributed by atoms with Crippen LogP contribution in [0, 0.1) is 0 Å². The lowest BCUT2D eigenvalue weighted by Gasteiger charge is -2.36. The number of aromatic nitrogens is 2. The van der Waals surface area contributed by atoms with Crippen LogP contribution >= 0.6 is 0 Å². The van der Waals surface area contributed by atoms with Gasteiger partial charge in [-0.15, -0.1) is 0 Å². The minimum absolute atomic E-state index is 0.152. The number of carbonyl (C=O) groups excluding carboxylic acids is 1. The third-order valence-electron chi connectivity index (χ3n) is 4.53. The molecule has 1 aromatic heterocycles. The number of benzene rings is 1. The molecule has 2 aromatic rings. The molecular formula is C19H28N6O3. The van der Waals surface area contributed by atoms with E-state index in [1.165, 1.54) is 0 Å². The van der Waals surface area contributed by atoms with E-state index >= 15 is 0 Å². The molecule has 0 spiro atoms. The number of hydrogen-bond donors (Lipinski definition) is 2. The fourth-order valence-corrected chi connectivity index (χ4v) is 3.14. The third kappa shape index (κ3) is 4.65. The lowest BCUT2D eigenvalue weighted by molar-refractivity contribution is 0.0186. The molecular weight excluding hydrogens is 360 g/mol. The lowest BCUT2D eigenvalue weighted by Crippen LogP contribution is -2.53. The Labute approximate surface area is 163 Å². The molecule has 1 aliphatic rings. The zero-order valence-electron chi connectivity index (χ0n) is 16.6. The van der Waals surface area contributed by atoms with E-state index in [4.69, 9.17) is 10.5 Å². The summed E-state index contributed by atoms with van der Waals surface area (Å²) in [5, 5.41) is 0. The maximum absolute atomic E-state index is 12.1. The first-order valence-electron chi connectivity index (χ1n) is 9.45. The van der Waals surface area contributed by atoms with Gasteiger partial charge in [-0.25, -0.2) is 9.59 Å². The molecule has 1 aliphatic heterocycles. The van der Waals surface area contributed by atoms with E-state index in [1.807, 2.05) is 49.9 Å². The molecule has 0 aliphatic carbocycles. The van der Waals surface area contributed by atoms with Crippen molar-refractivity contribution in [1.29, 1.82) is 0 Å². The van der Waals surface area contributed by atoms with Crippen molar-refractivity contribution in [2.24, 2.45) is 10.7 Å². The van der Waals surface area contributed by atoms with Crippen LogP contribution in [0.5, 0.6) is 0 Å². The summed E-state index contributed by atoms with van der Waals surface area (Å²) in [4.78, 5) is 35.1. The maximum atomic E-state index is 12.1. The van der Waals surface area contributed by atoms with Crippen molar-refractivity contribution in [2.45, 2.75) is 32.9 Å². The molecule has 1 amide bonds. The Morgan fingerprint density at radius 2 is 1.82 bits per heavy atom. The predicted octanol–water partition coefficient (Wildman–Crippen LogP) is 1.20. The van der Waals surface area contributed by atoms with E-state index in [9.17, 15) is 9.59 Å². The van der Waals surface area contributed by atoms with E-state index in [0.29, 0.717) is 45.2 Å². The number of ether oxygens (including phenoxy) is 1. The van der Waals surface area contributed by atoms with E-state index in [1.54, 1.807) is 9.47 Å². The number of para-hydroxylation sites is 2. The molecule has 0 atom stereocenters. The van der Waals surface area contributed by atoms with Crippen LogP contribution in [0.4, 0.5) is 4.79 Å². The largest absolute Gasteiger partial charge is 0.444 e. The SMILES string of the molecule is CC(C)(C)OC(=O)N1CCN(C(N)=NCCn2c(=O)[nH]c3ccccc32)CC1. The number of imidazole rings is 1. The molecule has 2 heterocycles. The first kappa shape index (κ1) is 19.8. The van der Waals surface area contributed by atoms with Gasteiger partial charge >= 0.3 is 11.8 Å². The van der Waals surface area contributed by atoms with Crippen LogP contribution in [0.2, 0.25) is 0 Å². The quantitative estimate of drug-likeness (QED) is 0.607. The van der Waals surface area contributed by atoms with Crippen LogP contribution in [-0.2, 0) is 11.3 Å². The zero-order chi connectivity index (χ0) is 20.3. The number of piperazine rings is 1. The second kappa shape index (κ2) is 7.95. The van der Waals surface area contributed by atoms with Gasteiger partial charge in [-0.2, -0.15) is 0 Å². The molecule has 28 heavy (non-hydrogen) atoms. The van der Waals surface area contributed by atoms with Crippen molar-refractivity contribution in [3.05, 3.63) is 34.7 Å². The van der Waals surface area contributed by atoms with Crippen molar-refractivity contribution in [3.63, 3.8) is 0 Å². The van der Waals surface area contributed by atoms with Crippen LogP contribution < -0.4 is 11.4 Å². The van der Waals surface area contributed by atoms with Crippen LogP contribution in [0.25, 0.3) is 11.0 Å². The Morgan fingerprint density at radius 1 is 1.18 bits per heavy atom. The van der Waals surface area contributed by atoms with E-state index < -0.39 is 5.60 Å². The second-order valence-electron chi connectivity index (χ2n) is 7.79. The number of H-pyrrole nitrogens is 1. The molecule has 0 bridgehead atoms. The molecule has 1 saturated heterocycles. The monoisotopic (exact) mass is 388 g/mol. The number of amides is 1. The van der Waals surface area contributed by atoms with Crippen molar-refractivity contribution in [3.8, 4) is 0 Å². The zero-order valence-corrected chi connectivity index (χ0v) is 16.6. The fraction of sp³-hybridized carbons (Fsp3) is 0.526. The minimum atomic E-state index is -0.505. The molecule has 3 N–H and O–H groups in total. The van der Waals surface area contributed by atoms with Gasteiger partial charge in [0.15, 0.2) is 5.96 Å². The molecule has 9 heteroatoms. The molecule has 152 valence electrons. The summed E-state index contributed by atoms with van der Waals surface area (Å²) < 4.78 is 7.06. The molecule has 9 nitrogen and oxygen atoms in total. The molecule has 0 unspecified atom stereocenters. The first-order chi connectivity index (χ1) is 13.2. The molecule has 3 rings (SSSR count). The molecule has 0 radical (unpaired) electrons. The summed E-state index contributed by atoms with van der Waals surface area (Å²) in [7, 11) is 0. The van der Waals surface area contributed by atoms with Gasteiger partial charge in [-0.05, 0) is 32.9 Å².